The Labute approximate surface area is 245 Å². The predicted molar refractivity (Wildman–Crippen MR) is 153 cm³/mol. The predicted octanol–water partition coefficient (Wildman–Crippen LogP) is 4.05. The molecule has 2 N–H and O–H groups in total. The van der Waals surface area contributed by atoms with Crippen LogP contribution >= 0.6 is 11.3 Å². The maximum Gasteiger partial charge on any atom is 0.306 e. The van der Waals surface area contributed by atoms with Gasteiger partial charge >= 0.3 is 11.9 Å². The average Bonchev–Trinajstić information content (AvgIpc) is 3.38. The number of nitrogens with one attached hydrogen (secondary N) is 1. The Hall–Kier alpha value is -3.41. The smallest absolute Gasteiger partial charge is 0.306 e. The zero-order valence-electron chi connectivity index (χ0n) is 24.4. The Morgan fingerprint density at radius 1 is 1.15 bits per heavy atom. The molecule has 0 aromatic carbocycles. The van der Waals surface area contributed by atoms with E-state index in [0.717, 1.165) is 12.8 Å². The lowest BCUT2D eigenvalue weighted by Crippen LogP contribution is -2.42. The van der Waals surface area contributed by atoms with Crippen LogP contribution < -0.4 is 5.32 Å². The van der Waals surface area contributed by atoms with Crippen molar-refractivity contribution in [3.05, 3.63) is 40.4 Å². The van der Waals surface area contributed by atoms with Crippen molar-refractivity contribution in [3.63, 3.8) is 0 Å². The number of amides is 2. The van der Waals surface area contributed by atoms with E-state index >= 15 is 0 Å². The molecule has 2 amide bonds. The van der Waals surface area contributed by atoms with Gasteiger partial charge in [0.1, 0.15) is 16.5 Å². The minimum absolute atomic E-state index is 0.0817. The normalized spacial score (nSPS) is 16.2. The first-order valence-electron chi connectivity index (χ1n) is 14.1. The minimum Gasteiger partial charge on any atom is -0.481 e. The number of carbonyl (C=O) groups excluding carboxylic acids is 3. The fourth-order valence-corrected chi connectivity index (χ4v) is 5.78. The maximum atomic E-state index is 13.2. The van der Waals surface area contributed by atoms with Crippen LogP contribution in [0.2, 0.25) is 0 Å². The van der Waals surface area contributed by atoms with Gasteiger partial charge in [-0.15, -0.1) is 11.3 Å². The fraction of sp³-hybridized carbons (Fsp3) is 0.621. The first-order valence-corrected chi connectivity index (χ1v) is 15.0. The molecule has 2 aromatic heterocycles. The first-order chi connectivity index (χ1) is 19.4. The van der Waals surface area contributed by atoms with Crippen LogP contribution in [0.15, 0.2) is 23.8 Å². The van der Waals surface area contributed by atoms with Gasteiger partial charge in [0.15, 0.2) is 6.10 Å². The molecule has 0 spiro atoms. The van der Waals surface area contributed by atoms with Crippen LogP contribution in [0.1, 0.15) is 93.6 Å². The summed E-state index contributed by atoms with van der Waals surface area (Å²) in [6.07, 6.45) is 7.10. The molecule has 0 bridgehead atoms. The Morgan fingerprint density at radius 3 is 2.39 bits per heavy atom. The molecule has 0 aliphatic heterocycles. The van der Waals surface area contributed by atoms with E-state index in [4.69, 9.17) is 4.74 Å². The van der Waals surface area contributed by atoms with Crippen molar-refractivity contribution in [2.24, 2.45) is 17.8 Å². The standard InChI is InChI=1S/C29H41N5O6S/c1-17(2)23(34(5)26(36)13-20-8-6-9-20)15-24(40-19(4)35)28-33-22(16-41-28)27(37)32-21(12-18(3)29(38)39)14-25-30-10-7-11-31-25/h7,10-11,16-18,20-21,23-24H,6,8-9,12-15H2,1-5H3,(H,32,37)(H,38,39)/t18-,21+,23?,24+/m0/s1. The SMILES string of the molecule is CC(=O)O[C@H](CC(C(C)C)N(C)C(=O)CC1CCC1)c1nc(C(=O)N[C@@H](Cc2ncccn2)C[C@H](C)C(=O)O)cs1. The highest BCUT2D eigenvalue weighted by Gasteiger charge is 2.32. The molecule has 4 atom stereocenters. The van der Waals surface area contributed by atoms with E-state index < -0.39 is 35.9 Å². The lowest BCUT2D eigenvalue weighted by molar-refractivity contribution is -0.148. The van der Waals surface area contributed by atoms with E-state index in [1.165, 1.54) is 24.7 Å². The van der Waals surface area contributed by atoms with Crippen LogP contribution in [0.3, 0.4) is 0 Å². The molecule has 0 radical (unpaired) electrons. The number of rotatable bonds is 15. The number of thiazole rings is 1. The van der Waals surface area contributed by atoms with Crippen LogP contribution in [-0.2, 0) is 25.5 Å². The molecule has 41 heavy (non-hydrogen) atoms. The van der Waals surface area contributed by atoms with Crippen molar-refractivity contribution < 1.29 is 29.0 Å². The summed E-state index contributed by atoms with van der Waals surface area (Å²) in [6, 6.07) is 0.950. The lowest BCUT2D eigenvalue weighted by atomic mass is 9.82. The monoisotopic (exact) mass is 587 g/mol. The lowest BCUT2D eigenvalue weighted by Gasteiger charge is -2.35. The summed E-state index contributed by atoms with van der Waals surface area (Å²) in [5, 5.41) is 14.3. The number of carboxylic acid groups (broad SMARTS) is 1. The van der Waals surface area contributed by atoms with Gasteiger partial charge < -0.3 is 20.1 Å². The number of esters is 1. The molecule has 1 unspecified atom stereocenters. The third-order valence-electron chi connectivity index (χ3n) is 7.59. The summed E-state index contributed by atoms with van der Waals surface area (Å²) in [5.74, 6) is -1.50. The van der Waals surface area contributed by atoms with Gasteiger partial charge in [-0.2, -0.15) is 0 Å². The Kier molecular flexibility index (Phi) is 11.7. The molecule has 2 aromatic rings. The summed E-state index contributed by atoms with van der Waals surface area (Å²) in [6.45, 7) is 6.96. The zero-order chi connectivity index (χ0) is 30.1. The Balaban J connectivity index is 1.75. The van der Waals surface area contributed by atoms with Gasteiger partial charge in [0.2, 0.25) is 5.91 Å². The first kappa shape index (κ1) is 32.1. The number of ether oxygens (including phenoxy) is 1. The van der Waals surface area contributed by atoms with E-state index in [0.29, 0.717) is 29.6 Å². The largest absolute Gasteiger partial charge is 0.481 e. The van der Waals surface area contributed by atoms with Crippen molar-refractivity contribution in [1.29, 1.82) is 0 Å². The number of aliphatic carboxylic acids is 1. The molecule has 1 saturated carbocycles. The highest BCUT2D eigenvalue weighted by atomic mass is 32.1. The van der Waals surface area contributed by atoms with Gasteiger partial charge in [0.25, 0.3) is 5.91 Å². The third kappa shape index (κ3) is 9.58. The van der Waals surface area contributed by atoms with E-state index in [1.807, 2.05) is 13.8 Å². The molecular weight excluding hydrogens is 546 g/mol. The van der Waals surface area contributed by atoms with Crippen molar-refractivity contribution in [2.75, 3.05) is 7.05 Å². The summed E-state index contributed by atoms with van der Waals surface area (Å²) < 4.78 is 5.65. The van der Waals surface area contributed by atoms with Gasteiger partial charge in [-0.05, 0) is 37.2 Å². The van der Waals surface area contributed by atoms with Crippen molar-refractivity contribution >= 4 is 35.1 Å². The van der Waals surface area contributed by atoms with E-state index in [1.54, 1.807) is 42.7 Å². The summed E-state index contributed by atoms with van der Waals surface area (Å²) in [4.78, 5) is 64.4. The zero-order valence-corrected chi connectivity index (χ0v) is 25.2. The van der Waals surface area contributed by atoms with Crippen LogP contribution in [0, 0.1) is 17.8 Å². The second-order valence-corrected chi connectivity index (χ2v) is 12.1. The Bertz CT molecular complexity index is 1190. The van der Waals surface area contributed by atoms with Gasteiger partial charge in [-0.25, -0.2) is 15.0 Å². The van der Waals surface area contributed by atoms with Gasteiger partial charge in [0, 0.05) is 63.1 Å². The number of hydrogen-bond donors (Lipinski definition) is 2. The number of nitrogens with zero attached hydrogens (tertiary/aromatic N) is 4. The molecule has 1 aliphatic carbocycles. The molecule has 2 heterocycles. The molecule has 1 fully saturated rings. The number of carboxylic acids is 1. The van der Waals surface area contributed by atoms with Crippen LogP contribution in [0.4, 0.5) is 0 Å². The molecule has 11 nitrogen and oxygen atoms in total. The van der Waals surface area contributed by atoms with Crippen LogP contribution in [0.5, 0.6) is 0 Å². The van der Waals surface area contributed by atoms with Crippen LogP contribution in [0.25, 0.3) is 0 Å². The molecule has 1 aliphatic rings. The topological polar surface area (TPSA) is 152 Å². The minimum atomic E-state index is -0.964. The second kappa shape index (κ2) is 15.0. The van der Waals surface area contributed by atoms with Gasteiger partial charge in [-0.3, -0.25) is 19.2 Å². The summed E-state index contributed by atoms with van der Waals surface area (Å²) in [5.41, 5.74) is 0.139. The van der Waals surface area contributed by atoms with E-state index in [2.05, 4.69) is 20.3 Å². The number of hydrogen-bond acceptors (Lipinski definition) is 9. The molecular formula is C29H41N5O6S. The van der Waals surface area contributed by atoms with Crippen molar-refractivity contribution in [2.45, 2.75) is 90.8 Å². The highest BCUT2D eigenvalue weighted by Crippen LogP contribution is 2.33. The number of aromatic nitrogens is 3. The number of carbonyl (C=O) groups is 4. The summed E-state index contributed by atoms with van der Waals surface area (Å²) >= 11 is 1.20. The van der Waals surface area contributed by atoms with Crippen molar-refractivity contribution in [3.8, 4) is 0 Å². The molecule has 12 heteroatoms. The molecule has 224 valence electrons. The quantitative estimate of drug-likeness (QED) is 0.294. The second-order valence-electron chi connectivity index (χ2n) is 11.2. The van der Waals surface area contributed by atoms with E-state index in [9.17, 15) is 24.3 Å². The molecule has 0 saturated heterocycles. The highest BCUT2D eigenvalue weighted by molar-refractivity contribution is 7.09. The Morgan fingerprint density at radius 2 is 1.83 bits per heavy atom. The maximum absolute atomic E-state index is 13.2. The summed E-state index contributed by atoms with van der Waals surface area (Å²) in [7, 11) is 1.80. The van der Waals surface area contributed by atoms with Gasteiger partial charge in [-0.1, -0.05) is 27.2 Å². The fourth-order valence-electron chi connectivity index (χ4n) is 4.95. The van der Waals surface area contributed by atoms with Gasteiger partial charge in [0.05, 0.1) is 5.92 Å². The molecule has 3 rings (SSSR count). The third-order valence-corrected chi connectivity index (χ3v) is 8.52. The van der Waals surface area contributed by atoms with Crippen molar-refractivity contribution in [1.82, 2.24) is 25.2 Å². The van der Waals surface area contributed by atoms with Crippen LogP contribution in [-0.4, -0.2) is 67.8 Å². The average molecular weight is 588 g/mol. The van der Waals surface area contributed by atoms with E-state index in [-0.39, 0.29) is 36.4 Å².